The fourth-order valence-electron chi connectivity index (χ4n) is 5.33. The summed E-state index contributed by atoms with van der Waals surface area (Å²) in [6.45, 7) is 8.95. The Balaban J connectivity index is 1.54. The van der Waals surface area contributed by atoms with Crippen molar-refractivity contribution in [3.63, 3.8) is 0 Å². The minimum Gasteiger partial charge on any atom is -0.392 e. The lowest BCUT2D eigenvalue weighted by molar-refractivity contribution is -0.125. The molecule has 0 radical (unpaired) electrons. The minimum atomic E-state index is -0.739. The van der Waals surface area contributed by atoms with Gasteiger partial charge in [-0.05, 0) is 58.9 Å². The van der Waals surface area contributed by atoms with E-state index in [0.717, 1.165) is 15.8 Å². The van der Waals surface area contributed by atoms with Gasteiger partial charge in [-0.1, -0.05) is 52.8 Å². The SMILES string of the molecule is Cn1cc(-c2cccc(-n3ncc4cc(C(C)(C)C)cc(F)c4c3=O)c2CO)cc(Nc2ccc(CC(C)(C)C(N)=O)cn2)c1=O. The molecule has 0 fully saturated rings. The normalized spacial score (nSPS) is 12.0. The van der Waals surface area contributed by atoms with Crippen LogP contribution in [-0.2, 0) is 30.3 Å². The largest absolute Gasteiger partial charge is 0.392 e. The molecule has 10 nitrogen and oxygen atoms in total. The lowest BCUT2D eigenvalue weighted by Crippen LogP contribution is -2.33. The number of nitrogens with zero attached hydrogens (tertiary/aromatic N) is 4. The van der Waals surface area contributed by atoms with Gasteiger partial charge >= 0.3 is 0 Å². The third-order valence-corrected chi connectivity index (χ3v) is 8.14. The van der Waals surface area contributed by atoms with Gasteiger partial charge in [0.2, 0.25) is 5.91 Å². The van der Waals surface area contributed by atoms with Crippen LogP contribution in [0.3, 0.4) is 0 Å². The summed E-state index contributed by atoms with van der Waals surface area (Å²) >= 11 is 0. The van der Waals surface area contributed by atoms with Gasteiger partial charge in [0, 0.05) is 41.4 Å². The molecule has 3 aromatic heterocycles. The van der Waals surface area contributed by atoms with Crippen molar-refractivity contribution >= 4 is 28.2 Å². The van der Waals surface area contributed by atoms with E-state index in [2.05, 4.69) is 15.4 Å². The number of aliphatic hydroxyl groups excluding tert-OH is 1. The second-order valence-electron chi connectivity index (χ2n) is 13.2. The number of aryl methyl sites for hydroxylation is 1. The number of amides is 1. The molecule has 0 aliphatic rings. The van der Waals surface area contributed by atoms with Gasteiger partial charge in [0.25, 0.3) is 11.1 Å². The molecule has 46 heavy (non-hydrogen) atoms. The molecule has 5 rings (SSSR count). The summed E-state index contributed by atoms with van der Waals surface area (Å²) in [5, 5.41) is 18.2. The van der Waals surface area contributed by atoms with E-state index in [1.807, 2.05) is 26.8 Å². The van der Waals surface area contributed by atoms with Gasteiger partial charge in [-0.25, -0.2) is 9.37 Å². The van der Waals surface area contributed by atoms with Gasteiger partial charge in [-0.2, -0.15) is 9.78 Å². The van der Waals surface area contributed by atoms with Gasteiger partial charge in [0.05, 0.1) is 23.9 Å². The van der Waals surface area contributed by atoms with E-state index in [1.165, 1.54) is 16.8 Å². The van der Waals surface area contributed by atoms with Crippen molar-refractivity contribution in [1.82, 2.24) is 19.3 Å². The van der Waals surface area contributed by atoms with Crippen molar-refractivity contribution < 1.29 is 14.3 Å². The standard InChI is InChI=1S/C35H37FN6O4/c1-34(2,3)23-12-21-17-39-42(32(45)30(21)26(36)14-23)28-9-7-8-24(25(28)19-43)22-13-27(31(44)41(6)18-22)40-29-11-10-20(16-38-29)15-35(4,5)33(37)46/h7-14,16-18,43H,15,19H2,1-6H3,(H2,37,46)(H,38,40). The molecule has 4 N–H and O–H groups in total. The van der Waals surface area contributed by atoms with Crippen LogP contribution in [0.2, 0.25) is 0 Å². The van der Waals surface area contributed by atoms with Crippen LogP contribution in [0, 0.1) is 11.2 Å². The Hall–Kier alpha value is -5.16. The summed E-state index contributed by atoms with van der Waals surface area (Å²) in [5.74, 6) is -0.642. The van der Waals surface area contributed by atoms with Crippen LogP contribution in [0.15, 0.2) is 76.7 Å². The van der Waals surface area contributed by atoms with E-state index in [0.29, 0.717) is 34.3 Å². The van der Waals surface area contributed by atoms with Crippen molar-refractivity contribution in [1.29, 1.82) is 0 Å². The van der Waals surface area contributed by atoms with Crippen LogP contribution in [0.5, 0.6) is 0 Å². The first-order valence-corrected chi connectivity index (χ1v) is 14.8. The summed E-state index contributed by atoms with van der Waals surface area (Å²) in [4.78, 5) is 42.8. The highest BCUT2D eigenvalue weighted by atomic mass is 19.1. The number of aromatic nitrogens is 4. The molecule has 0 atom stereocenters. The molecule has 2 aromatic carbocycles. The second-order valence-corrected chi connectivity index (χ2v) is 13.2. The quantitative estimate of drug-likeness (QED) is 0.223. The zero-order chi connectivity index (χ0) is 33.6. The highest BCUT2D eigenvalue weighted by Gasteiger charge is 2.25. The molecule has 0 aliphatic heterocycles. The topological polar surface area (TPSA) is 145 Å². The predicted molar refractivity (Wildman–Crippen MR) is 177 cm³/mol. The highest BCUT2D eigenvalue weighted by molar-refractivity contribution is 5.83. The van der Waals surface area contributed by atoms with Gasteiger partial charge in [0.15, 0.2) is 0 Å². The Morgan fingerprint density at radius 3 is 2.39 bits per heavy atom. The van der Waals surface area contributed by atoms with Crippen molar-refractivity contribution in [2.24, 2.45) is 18.2 Å². The number of fused-ring (bicyclic) bond motifs is 1. The fraction of sp³-hybridized carbons (Fsp3) is 0.286. The molecule has 5 aromatic rings. The Morgan fingerprint density at radius 1 is 1.02 bits per heavy atom. The number of pyridine rings is 2. The van der Waals surface area contributed by atoms with Crippen LogP contribution in [-0.4, -0.2) is 30.3 Å². The average molecular weight is 625 g/mol. The molecule has 0 bridgehead atoms. The smallest absolute Gasteiger partial charge is 0.282 e. The number of halogens is 1. The third-order valence-electron chi connectivity index (χ3n) is 8.14. The molecular formula is C35H37FN6O4. The molecular weight excluding hydrogens is 587 g/mol. The minimum absolute atomic E-state index is 0.0948. The zero-order valence-electron chi connectivity index (χ0n) is 26.7. The third kappa shape index (κ3) is 6.18. The van der Waals surface area contributed by atoms with Crippen LogP contribution in [0.1, 0.15) is 51.3 Å². The second kappa shape index (κ2) is 12.0. The first kappa shape index (κ1) is 32.2. The van der Waals surface area contributed by atoms with Crippen molar-refractivity contribution in [3.05, 3.63) is 110 Å². The van der Waals surface area contributed by atoms with Crippen LogP contribution in [0.25, 0.3) is 27.6 Å². The number of rotatable bonds is 8. The fourth-order valence-corrected chi connectivity index (χ4v) is 5.33. The summed E-state index contributed by atoms with van der Waals surface area (Å²) in [5.41, 5.74) is 7.02. The van der Waals surface area contributed by atoms with Gasteiger partial charge in [-0.3, -0.25) is 14.4 Å². The van der Waals surface area contributed by atoms with Gasteiger partial charge < -0.3 is 20.7 Å². The Bertz CT molecular complexity index is 2090. The Labute approximate surface area is 265 Å². The molecule has 3 heterocycles. The van der Waals surface area contributed by atoms with Gasteiger partial charge in [0.1, 0.15) is 17.3 Å². The predicted octanol–water partition coefficient (Wildman–Crippen LogP) is 4.87. The summed E-state index contributed by atoms with van der Waals surface area (Å²) in [6, 6.07) is 13.4. The maximum absolute atomic E-state index is 15.3. The molecule has 0 saturated carbocycles. The number of nitrogens with one attached hydrogen (secondary N) is 1. The number of aliphatic hydroxyl groups is 1. The molecule has 1 amide bonds. The van der Waals surface area contributed by atoms with Crippen LogP contribution < -0.4 is 22.2 Å². The molecule has 0 saturated heterocycles. The van der Waals surface area contributed by atoms with Crippen molar-refractivity contribution in [2.45, 2.75) is 53.1 Å². The lowest BCUT2D eigenvalue weighted by Gasteiger charge is -2.20. The molecule has 0 spiro atoms. The zero-order valence-corrected chi connectivity index (χ0v) is 26.7. The van der Waals surface area contributed by atoms with Crippen LogP contribution in [0.4, 0.5) is 15.9 Å². The van der Waals surface area contributed by atoms with Crippen molar-refractivity contribution in [3.8, 4) is 16.8 Å². The number of benzene rings is 2. The summed E-state index contributed by atoms with van der Waals surface area (Å²) in [6.07, 6.45) is 5.10. The maximum atomic E-state index is 15.3. The van der Waals surface area contributed by atoms with Crippen molar-refractivity contribution in [2.75, 3.05) is 5.32 Å². The number of hydrogen-bond acceptors (Lipinski definition) is 7. The lowest BCUT2D eigenvalue weighted by atomic mass is 9.86. The van der Waals surface area contributed by atoms with Gasteiger partial charge in [-0.15, -0.1) is 0 Å². The van der Waals surface area contributed by atoms with E-state index in [4.69, 9.17) is 5.73 Å². The average Bonchev–Trinajstić information content (AvgIpc) is 2.99. The van der Waals surface area contributed by atoms with E-state index in [-0.39, 0.29) is 27.7 Å². The molecule has 0 unspecified atom stereocenters. The number of primary amides is 1. The molecule has 0 aliphatic carbocycles. The molecule has 11 heteroatoms. The first-order valence-electron chi connectivity index (χ1n) is 14.8. The monoisotopic (exact) mass is 624 g/mol. The van der Waals surface area contributed by atoms with Crippen LogP contribution >= 0.6 is 0 Å². The Kier molecular flexibility index (Phi) is 8.39. The highest BCUT2D eigenvalue weighted by Crippen LogP contribution is 2.31. The number of anilines is 2. The van der Waals surface area contributed by atoms with E-state index < -0.39 is 29.3 Å². The summed E-state index contributed by atoms with van der Waals surface area (Å²) in [7, 11) is 1.60. The number of nitrogens with two attached hydrogens (primary N) is 1. The Morgan fingerprint density at radius 2 is 1.76 bits per heavy atom. The van der Waals surface area contributed by atoms with E-state index >= 15 is 4.39 Å². The van der Waals surface area contributed by atoms with E-state index in [9.17, 15) is 19.5 Å². The molecule has 238 valence electrons. The van der Waals surface area contributed by atoms with E-state index in [1.54, 1.807) is 69.7 Å². The number of hydrogen-bond donors (Lipinski definition) is 3. The summed E-state index contributed by atoms with van der Waals surface area (Å²) < 4.78 is 17.8. The number of carbonyl (C=O) groups is 1. The first-order chi connectivity index (χ1) is 21.6. The maximum Gasteiger partial charge on any atom is 0.282 e. The number of carbonyl (C=O) groups excluding carboxylic acids is 1.